The zero-order chi connectivity index (χ0) is 14.5. The van der Waals surface area contributed by atoms with Gasteiger partial charge in [0.15, 0.2) is 0 Å². The normalized spacial score (nSPS) is 9.85. The Morgan fingerprint density at radius 1 is 1.25 bits per heavy atom. The lowest BCUT2D eigenvalue weighted by Crippen LogP contribution is -2.22. The molecule has 0 fully saturated rings. The number of rotatable bonds is 3. The molecule has 0 aromatic heterocycles. The van der Waals surface area contributed by atoms with Crippen LogP contribution in [0.4, 0.5) is 0 Å². The molecule has 100 valence electrons. The molecular weight excluding hydrogens is 316 g/mol. The van der Waals surface area contributed by atoms with Crippen molar-refractivity contribution < 1.29 is 4.79 Å². The fourth-order valence-corrected chi connectivity index (χ4v) is 2.01. The smallest absolute Gasteiger partial charge is 0.251 e. The van der Waals surface area contributed by atoms with Gasteiger partial charge in [0.2, 0.25) is 0 Å². The van der Waals surface area contributed by atoms with Gasteiger partial charge in [-0.3, -0.25) is 4.79 Å². The van der Waals surface area contributed by atoms with E-state index in [4.69, 9.17) is 5.26 Å². The number of benzene rings is 2. The lowest BCUT2D eigenvalue weighted by Gasteiger charge is -2.07. The number of hydrogen-bond donors (Lipinski definition) is 1. The molecule has 0 aliphatic heterocycles. The molecule has 0 bridgehead atoms. The Morgan fingerprint density at radius 2 is 1.95 bits per heavy atom. The monoisotopic (exact) mass is 328 g/mol. The molecule has 1 amide bonds. The Kier molecular flexibility index (Phi) is 4.54. The fourth-order valence-electron chi connectivity index (χ4n) is 1.77. The summed E-state index contributed by atoms with van der Waals surface area (Å²) in [7, 11) is 0. The summed E-state index contributed by atoms with van der Waals surface area (Å²) < 4.78 is 0.987. The van der Waals surface area contributed by atoms with Crippen LogP contribution >= 0.6 is 15.9 Å². The number of halogens is 1. The topological polar surface area (TPSA) is 52.9 Å². The summed E-state index contributed by atoms with van der Waals surface area (Å²) in [6.07, 6.45) is 0. The van der Waals surface area contributed by atoms with Gasteiger partial charge in [-0.15, -0.1) is 0 Å². The van der Waals surface area contributed by atoms with Crippen LogP contribution in [0.5, 0.6) is 0 Å². The van der Waals surface area contributed by atoms with E-state index in [1.807, 2.05) is 31.2 Å². The van der Waals surface area contributed by atoms with Crippen LogP contribution in [0.2, 0.25) is 0 Å². The number of aryl methyl sites for hydroxylation is 1. The van der Waals surface area contributed by atoms with Crippen LogP contribution < -0.4 is 5.32 Å². The Labute approximate surface area is 126 Å². The first-order valence-corrected chi connectivity index (χ1v) is 6.93. The van der Waals surface area contributed by atoms with Crippen molar-refractivity contribution in [2.24, 2.45) is 0 Å². The zero-order valence-electron chi connectivity index (χ0n) is 11.0. The maximum Gasteiger partial charge on any atom is 0.251 e. The summed E-state index contributed by atoms with van der Waals surface area (Å²) in [6, 6.07) is 14.7. The Balaban J connectivity index is 2.01. The number of nitriles is 1. The third-order valence-electron chi connectivity index (χ3n) is 2.96. The van der Waals surface area contributed by atoms with Crippen LogP contribution in [0.1, 0.15) is 27.0 Å². The van der Waals surface area contributed by atoms with Gasteiger partial charge in [0.1, 0.15) is 0 Å². The van der Waals surface area contributed by atoms with Crippen molar-refractivity contribution >= 4 is 21.8 Å². The molecule has 0 aliphatic carbocycles. The quantitative estimate of drug-likeness (QED) is 0.936. The van der Waals surface area contributed by atoms with Crippen molar-refractivity contribution in [1.82, 2.24) is 5.32 Å². The van der Waals surface area contributed by atoms with E-state index in [1.165, 1.54) is 0 Å². The van der Waals surface area contributed by atoms with Crippen molar-refractivity contribution in [3.63, 3.8) is 0 Å². The predicted octanol–water partition coefficient (Wildman–Crippen LogP) is 3.56. The van der Waals surface area contributed by atoms with Gasteiger partial charge < -0.3 is 5.32 Å². The summed E-state index contributed by atoms with van der Waals surface area (Å²) in [6.45, 7) is 2.39. The molecule has 0 aliphatic rings. The molecule has 2 aromatic carbocycles. The number of nitrogens with one attached hydrogen (secondary N) is 1. The van der Waals surface area contributed by atoms with Gasteiger partial charge in [0.25, 0.3) is 5.91 Å². The average Bonchev–Trinajstić information content (AvgIpc) is 2.48. The Bertz CT molecular complexity index is 672. The highest BCUT2D eigenvalue weighted by Crippen LogP contribution is 2.17. The van der Waals surface area contributed by atoms with Crippen LogP contribution in [0.15, 0.2) is 46.9 Å². The van der Waals surface area contributed by atoms with Gasteiger partial charge >= 0.3 is 0 Å². The molecule has 0 spiro atoms. The van der Waals surface area contributed by atoms with E-state index >= 15 is 0 Å². The molecule has 20 heavy (non-hydrogen) atoms. The second-order valence-corrected chi connectivity index (χ2v) is 5.31. The first-order chi connectivity index (χ1) is 9.60. The van der Waals surface area contributed by atoms with E-state index in [-0.39, 0.29) is 5.91 Å². The summed E-state index contributed by atoms with van der Waals surface area (Å²) in [4.78, 5) is 12.0. The molecule has 1 N–H and O–H groups in total. The van der Waals surface area contributed by atoms with Crippen LogP contribution in [0.25, 0.3) is 0 Å². The maximum atomic E-state index is 12.0. The molecule has 0 atom stereocenters. The molecule has 0 saturated heterocycles. The van der Waals surface area contributed by atoms with E-state index in [1.54, 1.807) is 18.2 Å². The van der Waals surface area contributed by atoms with Crippen molar-refractivity contribution in [3.05, 3.63) is 69.2 Å². The summed E-state index contributed by atoms with van der Waals surface area (Å²) in [5.74, 6) is -0.107. The summed E-state index contributed by atoms with van der Waals surface area (Å²) >= 11 is 3.41. The standard InChI is InChI=1S/C16H13BrN2O/c1-11-8-14(6-7-15(11)17)16(20)19-10-13-4-2-12(9-18)3-5-13/h2-8H,10H2,1H3,(H,19,20). The van der Waals surface area contributed by atoms with E-state index < -0.39 is 0 Å². The molecule has 2 aromatic rings. The summed E-state index contributed by atoms with van der Waals surface area (Å²) in [5, 5.41) is 11.6. The molecule has 0 radical (unpaired) electrons. The third kappa shape index (κ3) is 3.46. The SMILES string of the molecule is Cc1cc(C(=O)NCc2ccc(C#N)cc2)ccc1Br. The van der Waals surface area contributed by atoms with Crippen molar-refractivity contribution in [2.45, 2.75) is 13.5 Å². The number of nitrogens with zero attached hydrogens (tertiary/aromatic N) is 1. The molecule has 4 heteroatoms. The minimum Gasteiger partial charge on any atom is -0.348 e. The van der Waals surface area contributed by atoms with Crippen LogP contribution in [-0.4, -0.2) is 5.91 Å². The molecule has 0 heterocycles. The number of hydrogen-bond acceptors (Lipinski definition) is 2. The van der Waals surface area contributed by atoms with E-state index in [9.17, 15) is 4.79 Å². The minimum absolute atomic E-state index is 0.107. The van der Waals surface area contributed by atoms with Crippen LogP contribution in [0.3, 0.4) is 0 Å². The first kappa shape index (κ1) is 14.3. The highest BCUT2D eigenvalue weighted by atomic mass is 79.9. The third-order valence-corrected chi connectivity index (χ3v) is 3.85. The number of carbonyl (C=O) groups is 1. The van der Waals surface area contributed by atoms with Gasteiger partial charge in [0, 0.05) is 16.6 Å². The summed E-state index contributed by atoms with van der Waals surface area (Å²) in [5.41, 5.74) is 3.24. The van der Waals surface area contributed by atoms with E-state index in [2.05, 4.69) is 27.3 Å². The van der Waals surface area contributed by atoms with E-state index in [0.717, 1.165) is 15.6 Å². The second kappa shape index (κ2) is 6.36. The lowest BCUT2D eigenvalue weighted by atomic mass is 10.1. The highest BCUT2D eigenvalue weighted by Gasteiger charge is 2.06. The van der Waals surface area contributed by atoms with Gasteiger partial charge in [-0.1, -0.05) is 28.1 Å². The second-order valence-electron chi connectivity index (χ2n) is 4.46. The Morgan fingerprint density at radius 3 is 2.55 bits per heavy atom. The molecule has 3 nitrogen and oxygen atoms in total. The largest absolute Gasteiger partial charge is 0.348 e. The minimum atomic E-state index is -0.107. The zero-order valence-corrected chi connectivity index (χ0v) is 12.6. The van der Waals surface area contributed by atoms with Gasteiger partial charge in [-0.25, -0.2) is 0 Å². The first-order valence-electron chi connectivity index (χ1n) is 6.13. The Hall–Kier alpha value is -2.12. The van der Waals surface area contributed by atoms with Gasteiger partial charge in [-0.2, -0.15) is 5.26 Å². The molecule has 0 unspecified atom stereocenters. The van der Waals surface area contributed by atoms with Crippen LogP contribution in [0, 0.1) is 18.3 Å². The number of amides is 1. The van der Waals surface area contributed by atoms with Gasteiger partial charge in [-0.05, 0) is 48.4 Å². The predicted molar refractivity (Wildman–Crippen MR) is 81.2 cm³/mol. The van der Waals surface area contributed by atoms with E-state index in [0.29, 0.717) is 17.7 Å². The number of carbonyl (C=O) groups excluding carboxylic acids is 1. The molecular formula is C16H13BrN2O. The molecule has 0 saturated carbocycles. The fraction of sp³-hybridized carbons (Fsp3) is 0.125. The maximum absolute atomic E-state index is 12.0. The van der Waals surface area contributed by atoms with Crippen molar-refractivity contribution in [3.8, 4) is 6.07 Å². The van der Waals surface area contributed by atoms with Crippen molar-refractivity contribution in [1.29, 1.82) is 5.26 Å². The van der Waals surface area contributed by atoms with Gasteiger partial charge in [0.05, 0.1) is 11.6 Å². The average molecular weight is 329 g/mol. The lowest BCUT2D eigenvalue weighted by molar-refractivity contribution is 0.0951. The molecule has 2 rings (SSSR count). The van der Waals surface area contributed by atoms with Crippen LogP contribution in [-0.2, 0) is 6.54 Å². The highest BCUT2D eigenvalue weighted by molar-refractivity contribution is 9.10. The van der Waals surface area contributed by atoms with Crippen molar-refractivity contribution in [2.75, 3.05) is 0 Å².